The van der Waals surface area contributed by atoms with Gasteiger partial charge in [0.15, 0.2) is 0 Å². The zero-order valence-electron chi connectivity index (χ0n) is 14.8. The van der Waals surface area contributed by atoms with Crippen molar-refractivity contribution in [2.45, 2.75) is 31.2 Å². The number of benzene rings is 2. The first kappa shape index (κ1) is 15.7. The molecule has 0 spiro atoms. The number of carboxylic acids is 1. The Morgan fingerprint density at radius 2 is 2.00 bits per heavy atom. The quantitative estimate of drug-likeness (QED) is 0.924. The molecule has 0 saturated heterocycles. The second-order valence-electron chi connectivity index (χ2n) is 7.92. The van der Waals surface area contributed by atoms with Crippen LogP contribution in [0.3, 0.4) is 0 Å². The molecule has 2 aromatic rings. The number of methoxy groups -OCH3 is 1. The fourth-order valence-corrected chi connectivity index (χ4v) is 5.78. The van der Waals surface area contributed by atoms with Gasteiger partial charge in [-0.1, -0.05) is 18.2 Å². The Labute approximate surface area is 153 Å². The van der Waals surface area contributed by atoms with E-state index in [2.05, 4.69) is 17.4 Å². The van der Waals surface area contributed by atoms with E-state index in [1.807, 2.05) is 24.3 Å². The van der Waals surface area contributed by atoms with Gasteiger partial charge in [0, 0.05) is 5.69 Å². The molecular weight excluding hydrogens is 326 g/mol. The van der Waals surface area contributed by atoms with Crippen molar-refractivity contribution in [3.63, 3.8) is 0 Å². The summed E-state index contributed by atoms with van der Waals surface area (Å²) in [6.07, 6.45) is 3.79. The molecule has 4 nitrogen and oxygen atoms in total. The summed E-state index contributed by atoms with van der Waals surface area (Å²) in [4.78, 5) is 11.3. The first-order chi connectivity index (χ1) is 12.7. The van der Waals surface area contributed by atoms with E-state index < -0.39 is 5.97 Å². The zero-order valence-corrected chi connectivity index (χ0v) is 14.8. The van der Waals surface area contributed by atoms with Crippen molar-refractivity contribution < 1.29 is 14.6 Å². The Morgan fingerprint density at radius 3 is 2.81 bits per heavy atom. The van der Waals surface area contributed by atoms with Crippen LogP contribution in [-0.2, 0) is 0 Å². The van der Waals surface area contributed by atoms with Gasteiger partial charge in [-0.15, -0.1) is 0 Å². The van der Waals surface area contributed by atoms with Crippen LogP contribution in [0, 0.1) is 17.8 Å². The Balaban J connectivity index is 1.62. The normalized spacial score (nSPS) is 31.0. The lowest BCUT2D eigenvalue weighted by molar-refractivity contribution is -0.255. The molecule has 1 aliphatic heterocycles. The van der Waals surface area contributed by atoms with Crippen LogP contribution in [0.1, 0.15) is 52.7 Å². The highest BCUT2D eigenvalue weighted by molar-refractivity contribution is 5.87. The largest absolute Gasteiger partial charge is 0.545 e. The highest BCUT2D eigenvalue weighted by Crippen LogP contribution is 2.63. The Bertz CT molecular complexity index is 877. The summed E-state index contributed by atoms with van der Waals surface area (Å²) in [5.74, 6) is 2.08. The number of fused-ring (bicyclic) bond motifs is 7. The third kappa shape index (κ3) is 2.24. The molecule has 2 bridgehead atoms. The number of aromatic carboxylic acids is 1. The molecule has 0 radical (unpaired) electrons. The average molecular weight is 348 g/mol. The summed E-state index contributed by atoms with van der Waals surface area (Å²) in [5, 5.41) is 15.1. The van der Waals surface area contributed by atoms with Gasteiger partial charge in [0.1, 0.15) is 5.75 Å². The fourth-order valence-electron chi connectivity index (χ4n) is 5.78. The molecule has 0 aromatic heterocycles. The van der Waals surface area contributed by atoms with E-state index in [0.717, 1.165) is 11.4 Å². The second-order valence-corrected chi connectivity index (χ2v) is 7.92. The molecule has 5 atom stereocenters. The number of hydrogen-bond acceptors (Lipinski definition) is 4. The van der Waals surface area contributed by atoms with Gasteiger partial charge in [-0.05, 0) is 83.9 Å². The van der Waals surface area contributed by atoms with Crippen LogP contribution in [-0.4, -0.2) is 13.1 Å². The van der Waals surface area contributed by atoms with Gasteiger partial charge in [0.25, 0.3) is 0 Å². The van der Waals surface area contributed by atoms with E-state index in [4.69, 9.17) is 4.74 Å². The number of carbonyl (C=O) groups excluding carboxylic acids is 1. The number of carboxylic acid groups (broad SMARTS) is 1. The third-order valence-electron chi connectivity index (χ3n) is 6.78. The predicted octanol–water partition coefficient (Wildman–Crippen LogP) is 3.36. The summed E-state index contributed by atoms with van der Waals surface area (Å²) >= 11 is 0. The van der Waals surface area contributed by atoms with Crippen LogP contribution in [0.5, 0.6) is 5.75 Å². The van der Waals surface area contributed by atoms with Crippen LogP contribution >= 0.6 is 0 Å². The maximum absolute atomic E-state index is 11.3. The van der Waals surface area contributed by atoms with Crippen molar-refractivity contribution >= 4 is 11.7 Å². The Hall–Kier alpha value is -2.49. The van der Waals surface area contributed by atoms with E-state index in [0.29, 0.717) is 23.7 Å². The van der Waals surface area contributed by atoms with Crippen molar-refractivity contribution in [1.82, 2.24) is 0 Å². The van der Waals surface area contributed by atoms with Crippen LogP contribution in [0.2, 0.25) is 0 Å². The summed E-state index contributed by atoms with van der Waals surface area (Å²) < 4.78 is 5.43. The highest BCUT2D eigenvalue weighted by atomic mass is 16.5. The topological polar surface area (TPSA) is 61.4 Å². The van der Waals surface area contributed by atoms with Gasteiger partial charge < -0.3 is 20.0 Å². The molecule has 26 heavy (non-hydrogen) atoms. The minimum atomic E-state index is -1.09. The molecule has 1 heterocycles. The second kappa shape index (κ2) is 5.76. The molecule has 5 rings (SSSR count). The maximum Gasteiger partial charge on any atom is 0.119 e. The summed E-state index contributed by atoms with van der Waals surface area (Å²) in [5.41, 5.74) is 3.77. The van der Waals surface area contributed by atoms with E-state index >= 15 is 0 Å². The first-order valence-electron chi connectivity index (χ1n) is 9.41. The average Bonchev–Trinajstić information content (AvgIpc) is 3.29. The first-order valence-corrected chi connectivity index (χ1v) is 9.41. The molecule has 3 aliphatic rings. The van der Waals surface area contributed by atoms with E-state index in [1.54, 1.807) is 13.2 Å². The van der Waals surface area contributed by atoms with E-state index in [9.17, 15) is 9.90 Å². The lowest BCUT2D eigenvalue weighted by Crippen LogP contribution is -2.36. The van der Waals surface area contributed by atoms with Crippen molar-refractivity contribution in [2.24, 2.45) is 17.8 Å². The minimum Gasteiger partial charge on any atom is -0.545 e. The molecule has 2 saturated carbocycles. The van der Waals surface area contributed by atoms with Crippen molar-refractivity contribution in [3.8, 4) is 5.75 Å². The molecule has 1 N–H and O–H groups in total. The molecule has 0 unspecified atom stereocenters. The molecule has 2 fully saturated rings. The van der Waals surface area contributed by atoms with E-state index in [-0.39, 0.29) is 11.6 Å². The number of carbonyl (C=O) groups is 1. The van der Waals surface area contributed by atoms with Gasteiger partial charge in [0.2, 0.25) is 0 Å². The Kier molecular flexibility index (Phi) is 3.49. The standard InChI is InChI=1S/C22H23NO3/c1-26-16-4-2-3-14(10-16)21-20-13-6-5-12(9-13)19(20)17-11-15(22(24)25)7-8-18(17)23-21/h2-4,7-8,10-13,19-21,23H,5-6,9H2,1H3,(H,24,25)/p-1/t12-,13+,19+,20-,21-/m0/s1. The fraction of sp³-hybridized carbons (Fsp3) is 0.409. The Morgan fingerprint density at radius 1 is 1.15 bits per heavy atom. The highest BCUT2D eigenvalue weighted by Gasteiger charge is 2.53. The van der Waals surface area contributed by atoms with Crippen molar-refractivity contribution in [2.75, 3.05) is 12.4 Å². The van der Waals surface area contributed by atoms with Gasteiger partial charge in [-0.3, -0.25) is 0 Å². The number of ether oxygens (including phenoxy) is 1. The number of rotatable bonds is 3. The number of nitrogens with one attached hydrogen (secondary N) is 1. The predicted molar refractivity (Wildman–Crippen MR) is 97.2 cm³/mol. The molecule has 134 valence electrons. The van der Waals surface area contributed by atoms with Crippen molar-refractivity contribution in [3.05, 3.63) is 59.2 Å². The number of hydrogen-bond donors (Lipinski definition) is 1. The van der Waals surface area contributed by atoms with Crippen LogP contribution in [0.4, 0.5) is 5.69 Å². The molecule has 2 aromatic carbocycles. The summed E-state index contributed by atoms with van der Waals surface area (Å²) in [7, 11) is 1.70. The van der Waals surface area contributed by atoms with Crippen LogP contribution in [0.15, 0.2) is 42.5 Å². The van der Waals surface area contributed by atoms with Gasteiger partial charge in [0.05, 0.1) is 19.1 Å². The van der Waals surface area contributed by atoms with Crippen LogP contribution < -0.4 is 15.2 Å². The lowest BCUT2D eigenvalue weighted by atomic mass is 9.68. The van der Waals surface area contributed by atoms with Crippen molar-refractivity contribution in [1.29, 1.82) is 0 Å². The SMILES string of the molecule is COc1cccc([C@@H]2Nc3ccc(C(=O)[O-])cc3[C@H]3[C@H]4CC[C@H](C4)[C@@H]32)c1. The number of anilines is 1. The van der Waals surface area contributed by atoms with E-state index in [1.165, 1.54) is 30.4 Å². The smallest absolute Gasteiger partial charge is 0.119 e. The van der Waals surface area contributed by atoms with Gasteiger partial charge in [-0.2, -0.15) is 0 Å². The van der Waals surface area contributed by atoms with Crippen LogP contribution in [0.25, 0.3) is 0 Å². The third-order valence-corrected chi connectivity index (χ3v) is 6.78. The van der Waals surface area contributed by atoms with Gasteiger partial charge in [-0.25, -0.2) is 0 Å². The summed E-state index contributed by atoms with van der Waals surface area (Å²) in [6.45, 7) is 0. The summed E-state index contributed by atoms with van der Waals surface area (Å²) in [6, 6.07) is 14.0. The van der Waals surface area contributed by atoms with Gasteiger partial charge >= 0.3 is 0 Å². The zero-order chi connectivity index (χ0) is 17.8. The molecule has 4 heteroatoms. The molecule has 0 amide bonds. The molecule has 2 aliphatic carbocycles. The minimum absolute atomic E-state index is 0.242. The maximum atomic E-state index is 11.3. The lowest BCUT2D eigenvalue weighted by Gasteiger charge is -2.43. The monoisotopic (exact) mass is 348 g/mol. The molecular formula is C22H22NO3-.